The molecule has 0 radical (unpaired) electrons. The van der Waals surface area contributed by atoms with Gasteiger partial charge in [0.25, 0.3) is 0 Å². The minimum atomic E-state index is -0.822. The number of rotatable bonds is 3. The largest absolute Gasteiger partial charge is 0.467 e. The number of benzene rings is 1. The first-order chi connectivity index (χ1) is 9.54. The molecule has 0 aliphatic carbocycles. The third-order valence-electron chi connectivity index (χ3n) is 3.39. The average Bonchev–Trinajstić information content (AvgIpc) is 2.95. The van der Waals surface area contributed by atoms with Crippen molar-refractivity contribution in [1.29, 1.82) is 0 Å². The van der Waals surface area contributed by atoms with E-state index in [-0.39, 0.29) is 5.91 Å². The number of ether oxygens (including phenoxy) is 1. The Morgan fingerprint density at radius 1 is 1.35 bits per heavy atom. The molecule has 0 spiro atoms. The molecule has 1 aliphatic heterocycles. The molecule has 0 saturated carbocycles. The van der Waals surface area contributed by atoms with E-state index in [9.17, 15) is 9.59 Å². The van der Waals surface area contributed by atoms with Crippen LogP contribution in [0, 0.1) is 0 Å². The van der Waals surface area contributed by atoms with Crippen molar-refractivity contribution in [2.24, 2.45) is 0 Å². The lowest BCUT2D eigenvalue weighted by Crippen LogP contribution is -2.42. The Morgan fingerprint density at radius 3 is 2.60 bits per heavy atom. The van der Waals surface area contributed by atoms with Gasteiger partial charge in [-0.3, -0.25) is 4.79 Å². The highest BCUT2D eigenvalue weighted by Gasteiger charge is 2.37. The first-order valence-electron chi connectivity index (χ1n) is 6.32. The van der Waals surface area contributed by atoms with Gasteiger partial charge in [0.05, 0.1) is 7.11 Å². The lowest BCUT2D eigenvalue weighted by Gasteiger charge is -2.25. The Balaban J connectivity index is 2.13. The summed E-state index contributed by atoms with van der Waals surface area (Å²) in [5.74, 6) is -0.669. The molecule has 1 heterocycles. The SMILES string of the molecule is COC(=O)C1CCCN1C(=O)C(Cl)c1ccc(Cl)cc1. The molecule has 1 amide bonds. The first kappa shape index (κ1) is 15.1. The van der Waals surface area contributed by atoms with Gasteiger partial charge in [0, 0.05) is 11.6 Å². The molecule has 1 saturated heterocycles. The fourth-order valence-electron chi connectivity index (χ4n) is 2.33. The second-order valence-corrected chi connectivity index (χ2v) is 5.50. The highest BCUT2D eigenvalue weighted by Crippen LogP contribution is 2.28. The van der Waals surface area contributed by atoms with Crippen LogP contribution >= 0.6 is 23.2 Å². The number of nitrogens with zero attached hydrogens (tertiary/aromatic N) is 1. The highest BCUT2D eigenvalue weighted by atomic mass is 35.5. The molecule has 0 aromatic heterocycles. The Morgan fingerprint density at radius 2 is 2.00 bits per heavy atom. The Hall–Kier alpha value is -1.26. The first-order valence-corrected chi connectivity index (χ1v) is 7.14. The molecular formula is C14H15Cl2NO3. The van der Waals surface area contributed by atoms with Gasteiger partial charge >= 0.3 is 5.97 Å². The maximum absolute atomic E-state index is 12.4. The van der Waals surface area contributed by atoms with E-state index in [0.717, 1.165) is 6.42 Å². The van der Waals surface area contributed by atoms with Crippen LogP contribution in [-0.4, -0.2) is 36.5 Å². The molecule has 1 aliphatic rings. The van der Waals surface area contributed by atoms with Gasteiger partial charge in [0.2, 0.25) is 5.91 Å². The molecular weight excluding hydrogens is 301 g/mol. The molecule has 108 valence electrons. The van der Waals surface area contributed by atoms with Crippen molar-refractivity contribution >= 4 is 35.1 Å². The summed E-state index contributed by atoms with van der Waals surface area (Å²) in [6.07, 6.45) is 1.39. The zero-order valence-corrected chi connectivity index (χ0v) is 12.5. The van der Waals surface area contributed by atoms with Crippen LogP contribution in [0.3, 0.4) is 0 Å². The van der Waals surface area contributed by atoms with E-state index in [1.807, 2.05) is 0 Å². The molecule has 1 aromatic carbocycles. The summed E-state index contributed by atoms with van der Waals surface area (Å²) in [5.41, 5.74) is 0.664. The quantitative estimate of drug-likeness (QED) is 0.636. The van der Waals surface area contributed by atoms with E-state index in [0.29, 0.717) is 23.6 Å². The predicted molar refractivity (Wildman–Crippen MR) is 76.8 cm³/mol. The van der Waals surface area contributed by atoms with Crippen LogP contribution in [0.2, 0.25) is 5.02 Å². The van der Waals surface area contributed by atoms with Crippen molar-refractivity contribution in [3.05, 3.63) is 34.9 Å². The van der Waals surface area contributed by atoms with Crippen LogP contribution < -0.4 is 0 Å². The normalized spacial score (nSPS) is 19.8. The standard InChI is InChI=1S/C14H15Cl2NO3/c1-20-14(19)11-3-2-8-17(11)13(18)12(16)9-4-6-10(15)7-5-9/h4-7,11-12H,2-3,8H2,1H3. The number of hydrogen-bond acceptors (Lipinski definition) is 3. The monoisotopic (exact) mass is 315 g/mol. The Labute approximate surface area is 127 Å². The molecule has 4 nitrogen and oxygen atoms in total. The fourth-order valence-corrected chi connectivity index (χ4v) is 2.73. The third kappa shape index (κ3) is 3.07. The summed E-state index contributed by atoms with van der Waals surface area (Å²) in [4.78, 5) is 25.6. The van der Waals surface area contributed by atoms with Crippen molar-refractivity contribution in [2.75, 3.05) is 13.7 Å². The van der Waals surface area contributed by atoms with E-state index in [1.165, 1.54) is 12.0 Å². The van der Waals surface area contributed by atoms with Crippen molar-refractivity contribution in [3.8, 4) is 0 Å². The Kier molecular flexibility index (Phi) is 4.89. The molecule has 2 atom stereocenters. The molecule has 2 unspecified atom stereocenters. The number of halogens is 2. The van der Waals surface area contributed by atoms with Crippen LogP contribution in [0.4, 0.5) is 0 Å². The topological polar surface area (TPSA) is 46.6 Å². The number of carbonyl (C=O) groups excluding carboxylic acids is 2. The van der Waals surface area contributed by atoms with Gasteiger partial charge in [0.15, 0.2) is 0 Å². The molecule has 0 N–H and O–H groups in total. The second kappa shape index (κ2) is 6.46. The van der Waals surface area contributed by atoms with Crippen LogP contribution in [-0.2, 0) is 14.3 Å². The minimum Gasteiger partial charge on any atom is -0.467 e. The molecule has 1 aromatic rings. The van der Waals surface area contributed by atoms with E-state index in [1.54, 1.807) is 24.3 Å². The summed E-state index contributed by atoms with van der Waals surface area (Å²) in [7, 11) is 1.32. The summed E-state index contributed by atoms with van der Waals surface area (Å²) in [6, 6.07) is 6.26. The molecule has 6 heteroatoms. The minimum absolute atomic E-state index is 0.276. The smallest absolute Gasteiger partial charge is 0.328 e. The summed E-state index contributed by atoms with van der Waals surface area (Å²) in [6.45, 7) is 0.523. The fraction of sp³-hybridized carbons (Fsp3) is 0.429. The van der Waals surface area contributed by atoms with Gasteiger partial charge in [-0.2, -0.15) is 0 Å². The summed E-state index contributed by atoms with van der Waals surface area (Å²) < 4.78 is 4.72. The highest BCUT2D eigenvalue weighted by molar-refractivity contribution is 6.31. The van der Waals surface area contributed by atoms with Crippen LogP contribution in [0.5, 0.6) is 0 Å². The lowest BCUT2D eigenvalue weighted by atomic mass is 10.1. The van der Waals surface area contributed by atoms with Crippen LogP contribution in [0.15, 0.2) is 24.3 Å². The lowest BCUT2D eigenvalue weighted by molar-refractivity contribution is -0.150. The van der Waals surface area contributed by atoms with E-state index >= 15 is 0 Å². The van der Waals surface area contributed by atoms with Gasteiger partial charge in [-0.25, -0.2) is 4.79 Å². The van der Waals surface area contributed by atoms with Crippen molar-refractivity contribution in [1.82, 2.24) is 4.90 Å². The van der Waals surface area contributed by atoms with Gasteiger partial charge in [0.1, 0.15) is 11.4 Å². The maximum Gasteiger partial charge on any atom is 0.328 e. The maximum atomic E-state index is 12.4. The van der Waals surface area contributed by atoms with Crippen LogP contribution in [0.1, 0.15) is 23.8 Å². The third-order valence-corrected chi connectivity index (χ3v) is 4.08. The van der Waals surface area contributed by atoms with Gasteiger partial charge in [-0.1, -0.05) is 23.7 Å². The van der Waals surface area contributed by atoms with Crippen LogP contribution in [0.25, 0.3) is 0 Å². The van der Waals surface area contributed by atoms with Crippen molar-refractivity contribution in [2.45, 2.75) is 24.3 Å². The van der Waals surface area contributed by atoms with Gasteiger partial charge < -0.3 is 9.64 Å². The summed E-state index contributed by atoms with van der Waals surface area (Å²) in [5, 5.41) is -0.240. The van der Waals surface area contributed by atoms with Crippen molar-refractivity contribution < 1.29 is 14.3 Å². The van der Waals surface area contributed by atoms with Gasteiger partial charge in [-0.15, -0.1) is 11.6 Å². The molecule has 2 rings (SSSR count). The molecule has 20 heavy (non-hydrogen) atoms. The molecule has 0 bridgehead atoms. The van der Waals surface area contributed by atoms with E-state index in [4.69, 9.17) is 27.9 Å². The number of amides is 1. The average molecular weight is 316 g/mol. The van der Waals surface area contributed by atoms with E-state index in [2.05, 4.69) is 0 Å². The summed E-state index contributed by atoms with van der Waals surface area (Å²) >= 11 is 12.0. The number of methoxy groups -OCH3 is 1. The number of esters is 1. The zero-order valence-electron chi connectivity index (χ0n) is 11.0. The number of hydrogen-bond donors (Lipinski definition) is 0. The zero-order chi connectivity index (χ0) is 14.7. The van der Waals surface area contributed by atoms with E-state index < -0.39 is 17.4 Å². The number of carbonyl (C=O) groups is 2. The van der Waals surface area contributed by atoms with Crippen molar-refractivity contribution in [3.63, 3.8) is 0 Å². The predicted octanol–water partition coefficient (Wildman–Crippen LogP) is 2.78. The van der Waals surface area contributed by atoms with Gasteiger partial charge in [-0.05, 0) is 30.5 Å². The molecule has 1 fully saturated rings. The Bertz CT molecular complexity index is 504. The number of likely N-dealkylation sites (tertiary alicyclic amines) is 1. The number of alkyl halides is 1. The second-order valence-electron chi connectivity index (χ2n) is 4.63.